The van der Waals surface area contributed by atoms with Crippen molar-refractivity contribution in [2.45, 2.75) is 66.5 Å². The van der Waals surface area contributed by atoms with E-state index in [1.54, 1.807) is 0 Å². The Kier molecular flexibility index (Phi) is 5.52. The molecule has 1 heterocycles. The average molecular weight is 411 g/mol. The normalized spacial score (nSPS) is 26.9. The van der Waals surface area contributed by atoms with E-state index in [1.807, 2.05) is 30.0 Å². The molecule has 3 fully saturated rings. The standard InChI is InChI=1S/C25H34N2O3/c1-6-17-9-7-8-10-19(17)24-26-21(16(3)30-24)13-27(23(29)14-28)22-12-18-11-20(15(22)2)25(18,4)5/h7-10,15,18,20,22,28H,6,11-14H2,1-5H3/t15-,18+,20-,22?/m0/s1. The van der Waals surface area contributed by atoms with Crippen LogP contribution < -0.4 is 0 Å². The number of aryl methyl sites for hydroxylation is 2. The number of rotatable bonds is 6. The molecule has 1 N–H and O–H groups in total. The first-order valence-corrected chi connectivity index (χ1v) is 11.2. The summed E-state index contributed by atoms with van der Waals surface area (Å²) in [5.41, 5.74) is 3.33. The van der Waals surface area contributed by atoms with Gasteiger partial charge in [-0.1, -0.05) is 45.9 Å². The number of hydrogen-bond donors (Lipinski definition) is 1. The van der Waals surface area contributed by atoms with Gasteiger partial charge in [0.25, 0.3) is 0 Å². The topological polar surface area (TPSA) is 66.6 Å². The van der Waals surface area contributed by atoms with Crippen LogP contribution in [0.4, 0.5) is 0 Å². The van der Waals surface area contributed by atoms with Gasteiger partial charge in [-0.3, -0.25) is 4.79 Å². The van der Waals surface area contributed by atoms with Gasteiger partial charge in [-0.25, -0.2) is 4.98 Å². The summed E-state index contributed by atoms with van der Waals surface area (Å²) >= 11 is 0. The monoisotopic (exact) mass is 410 g/mol. The quantitative estimate of drug-likeness (QED) is 0.755. The lowest BCUT2D eigenvalue weighted by atomic mass is 9.44. The highest BCUT2D eigenvalue weighted by molar-refractivity contribution is 5.77. The van der Waals surface area contributed by atoms with Crippen molar-refractivity contribution in [3.63, 3.8) is 0 Å². The summed E-state index contributed by atoms with van der Waals surface area (Å²) in [5.74, 6) is 2.80. The summed E-state index contributed by atoms with van der Waals surface area (Å²) in [5, 5.41) is 9.67. The second-order valence-corrected chi connectivity index (χ2v) is 9.74. The van der Waals surface area contributed by atoms with Crippen molar-refractivity contribution in [3.05, 3.63) is 41.3 Å². The molecule has 0 spiro atoms. The third-order valence-electron chi connectivity index (χ3n) is 8.01. The molecule has 5 nitrogen and oxygen atoms in total. The van der Waals surface area contributed by atoms with Gasteiger partial charge in [0, 0.05) is 11.6 Å². The zero-order chi connectivity index (χ0) is 21.6. The molecule has 0 radical (unpaired) electrons. The number of hydrogen-bond acceptors (Lipinski definition) is 4. The molecule has 3 saturated carbocycles. The van der Waals surface area contributed by atoms with Gasteiger partial charge in [0.05, 0.1) is 6.54 Å². The highest BCUT2D eigenvalue weighted by atomic mass is 16.4. The first kappa shape index (κ1) is 21.1. The van der Waals surface area contributed by atoms with Crippen molar-refractivity contribution < 1.29 is 14.3 Å². The molecular weight excluding hydrogens is 376 g/mol. The zero-order valence-corrected chi connectivity index (χ0v) is 18.8. The number of oxazole rings is 1. The van der Waals surface area contributed by atoms with Crippen molar-refractivity contribution in [3.8, 4) is 11.5 Å². The van der Waals surface area contributed by atoms with Gasteiger partial charge in [0.2, 0.25) is 11.8 Å². The third kappa shape index (κ3) is 3.37. The van der Waals surface area contributed by atoms with Crippen LogP contribution in [0.5, 0.6) is 0 Å². The number of carbonyl (C=O) groups is 1. The molecule has 5 rings (SSSR count). The lowest BCUT2D eigenvalue weighted by molar-refractivity contribution is -0.161. The van der Waals surface area contributed by atoms with Crippen LogP contribution in [-0.2, 0) is 17.8 Å². The van der Waals surface area contributed by atoms with Gasteiger partial charge < -0.3 is 14.4 Å². The number of aliphatic hydroxyl groups excluding tert-OH is 1. The third-order valence-corrected chi connectivity index (χ3v) is 8.01. The fraction of sp³-hybridized carbons (Fsp3) is 0.600. The van der Waals surface area contributed by atoms with Crippen LogP contribution >= 0.6 is 0 Å². The maximum Gasteiger partial charge on any atom is 0.248 e. The van der Waals surface area contributed by atoms with E-state index in [2.05, 4.69) is 33.8 Å². The second-order valence-electron chi connectivity index (χ2n) is 9.74. The number of aromatic nitrogens is 1. The minimum Gasteiger partial charge on any atom is -0.441 e. The Balaban J connectivity index is 1.61. The van der Waals surface area contributed by atoms with Gasteiger partial charge in [0.1, 0.15) is 18.1 Å². The summed E-state index contributed by atoms with van der Waals surface area (Å²) in [6.45, 7) is 10.9. The molecule has 4 atom stereocenters. The van der Waals surface area contributed by atoms with Crippen LogP contribution in [0.3, 0.4) is 0 Å². The van der Waals surface area contributed by atoms with Gasteiger partial charge >= 0.3 is 0 Å². The van der Waals surface area contributed by atoms with Crippen LogP contribution in [0.15, 0.2) is 28.7 Å². The Morgan fingerprint density at radius 2 is 2.03 bits per heavy atom. The number of aliphatic hydroxyl groups is 1. The summed E-state index contributed by atoms with van der Waals surface area (Å²) in [6, 6.07) is 8.28. The molecule has 30 heavy (non-hydrogen) atoms. The summed E-state index contributed by atoms with van der Waals surface area (Å²) < 4.78 is 6.02. The van der Waals surface area contributed by atoms with Gasteiger partial charge in [-0.05, 0) is 61.0 Å². The van der Waals surface area contributed by atoms with Crippen molar-refractivity contribution in [2.75, 3.05) is 6.61 Å². The van der Waals surface area contributed by atoms with Crippen molar-refractivity contribution >= 4 is 5.91 Å². The van der Waals surface area contributed by atoms with E-state index in [1.165, 1.54) is 12.0 Å². The Bertz CT molecular complexity index is 932. The number of benzene rings is 1. The smallest absolute Gasteiger partial charge is 0.248 e. The van der Waals surface area contributed by atoms with Gasteiger partial charge in [-0.15, -0.1) is 0 Å². The number of amides is 1. The molecule has 1 aromatic heterocycles. The Labute approximate surface area is 179 Å². The molecule has 0 saturated heterocycles. The summed E-state index contributed by atoms with van der Waals surface area (Å²) in [6.07, 6.45) is 3.16. The molecule has 1 amide bonds. The minimum absolute atomic E-state index is 0.143. The maximum absolute atomic E-state index is 12.8. The Hall–Kier alpha value is -2.14. The van der Waals surface area contributed by atoms with E-state index in [0.29, 0.717) is 35.6 Å². The lowest BCUT2D eigenvalue weighted by Gasteiger charge is -2.63. The highest BCUT2D eigenvalue weighted by Gasteiger charge is 2.57. The van der Waals surface area contributed by atoms with E-state index in [4.69, 9.17) is 9.40 Å². The zero-order valence-electron chi connectivity index (χ0n) is 18.8. The Morgan fingerprint density at radius 3 is 2.67 bits per heavy atom. The van der Waals surface area contributed by atoms with Crippen molar-refractivity contribution in [2.24, 2.45) is 23.2 Å². The first-order chi connectivity index (χ1) is 14.3. The van der Waals surface area contributed by atoms with E-state index in [-0.39, 0.29) is 11.9 Å². The molecule has 162 valence electrons. The van der Waals surface area contributed by atoms with Crippen molar-refractivity contribution in [1.29, 1.82) is 0 Å². The van der Waals surface area contributed by atoms with Crippen LogP contribution in [0.2, 0.25) is 0 Å². The molecule has 0 aliphatic heterocycles. The predicted octanol–water partition coefficient (Wildman–Crippen LogP) is 4.60. The van der Waals surface area contributed by atoms with Crippen LogP contribution in [0, 0.1) is 30.1 Å². The van der Waals surface area contributed by atoms with Gasteiger partial charge in [-0.2, -0.15) is 0 Å². The van der Waals surface area contributed by atoms with E-state index >= 15 is 0 Å². The fourth-order valence-corrected chi connectivity index (χ4v) is 5.90. The molecule has 5 heteroatoms. The summed E-state index contributed by atoms with van der Waals surface area (Å²) in [7, 11) is 0. The van der Waals surface area contributed by atoms with Crippen LogP contribution in [0.1, 0.15) is 57.6 Å². The molecule has 1 aromatic carbocycles. The maximum atomic E-state index is 12.8. The fourth-order valence-electron chi connectivity index (χ4n) is 5.90. The van der Waals surface area contributed by atoms with E-state index < -0.39 is 6.61 Å². The molecule has 3 aliphatic carbocycles. The SMILES string of the molecule is CCc1ccccc1-c1nc(CN(C(=O)CO)C2C[C@H]3C[C@@H]([C@@H]2C)C3(C)C)c(C)o1. The number of nitrogens with zero attached hydrogens (tertiary/aromatic N) is 2. The number of fused-ring (bicyclic) bond motifs is 2. The molecular formula is C25H34N2O3. The molecule has 1 unspecified atom stereocenters. The van der Waals surface area contributed by atoms with Crippen LogP contribution in [0.25, 0.3) is 11.5 Å². The highest BCUT2D eigenvalue weighted by Crippen LogP contribution is 2.62. The molecule has 3 aliphatic rings. The van der Waals surface area contributed by atoms with Gasteiger partial charge in [0.15, 0.2) is 0 Å². The predicted molar refractivity (Wildman–Crippen MR) is 117 cm³/mol. The second kappa shape index (κ2) is 7.84. The van der Waals surface area contributed by atoms with Crippen LogP contribution in [-0.4, -0.2) is 33.5 Å². The average Bonchev–Trinajstić information content (AvgIpc) is 3.11. The van der Waals surface area contributed by atoms with Crippen molar-refractivity contribution in [1.82, 2.24) is 9.88 Å². The first-order valence-electron chi connectivity index (χ1n) is 11.2. The largest absolute Gasteiger partial charge is 0.441 e. The molecule has 2 bridgehead atoms. The Morgan fingerprint density at radius 1 is 1.30 bits per heavy atom. The summed E-state index contributed by atoms with van der Waals surface area (Å²) in [4.78, 5) is 19.4. The molecule has 2 aromatic rings. The minimum atomic E-state index is -0.468. The van der Waals surface area contributed by atoms with E-state index in [9.17, 15) is 9.90 Å². The lowest BCUT2D eigenvalue weighted by Crippen LogP contribution is -2.61. The van der Waals surface area contributed by atoms with E-state index in [0.717, 1.165) is 29.9 Å². The number of carbonyl (C=O) groups excluding carboxylic acids is 1.